The van der Waals surface area contributed by atoms with Crippen LogP contribution in [0.4, 0.5) is 0 Å². The van der Waals surface area contributed by atoms with E-state index < -0.39 is 272 Å². The van der Waals surface area contributed by atoms with Crippen LogP contribution in [0.5, 0.6) is 0 Å². The number of Topliss-reactive ketones (excluding diaryl/α,β-unsaturated/α-hetero) is 1. The zero-order chi connectivity index (χ0) is 98.8. The number of carbonyl (C=O) groups is 17. The van der Waals surface area contributed by atoms with E-state index in [-0.39, 0.29) is 89.5 Å². The smallest absolute Gasteiger partial charge is 0.245 e. The second-order valence-corrected chi connectivity index (χ2v) is 36.1. The molecule has 44 nitrogen and oxygen atoms in total. The van der Waals surface area contributed by atoms with Crippen molar-refractivity contribution in [2.45, 2.75) is 305 Å². The fourth-order valence-electron chi connectivity index (χ4n) is 15.6. The molecule has 0 bridgehead atoms. The Hall–Kier alpha value is -12.5. The molecule has 0 spiro atoms. The number of aromatic amines is 2. The van der Waals surface area contributed by atoms with E-state index in [4.69, 9.17) is 28.3 Å². The first-order chi connectivity index (χ1) is 64.6. The van der Waals surface area contributed by atoms with Crippen LogP contribution in [0, 0.1) is 5.41 Å². The lowest BCUT2D eigenvalue weighted by atomic mass is 10.0. The first-order valence-electron chi connectivity index (χ1n) is 46.7. The number of nitrogens with one attached hydrogen (secondary N) is 17. The lowest BCUT2D eigenvalue weighted by molar-refractivity contribution is -0.143. The average molecular weight is 1910 g/mol. The standard InChI is InChI=1S/C90H139N23O21S/c1-3-5-7-8-9-10-11-12-13-14-15-16-20-34-77(120)112-135(133,134)44-26-35-76(119)100-52-78(121)102-66(38-40-74(91)117)82(125)106-67(39-41-75(92)118)83(126)109-71(47-58-50-97-55-101-58)86(129)111-72(54-114)87(130)105-64(30-6-4-2)80(123)107-68-37-36-59(115)51-96-42-24-23-32-63(79(93)122)103-85(128)70(46-57-49-99-62-31-22-21-29-61(57)62)108-81(124)65(33-25-43-98-90(94)95)104-84(127)69(45-56-27-18-17-19-28-56)110-88(131)73-48-60(116)53-113(73)89(68)132/h17-19,21-22,27-29,31,49-50,55,60,63-73,96,99,114,116H,3-16,20,23-26,30,32-48,51-54H2,1-2H3,(H2,91,117)(H2,92,118)(H2,93,122)(H,97,101)(H,100,119)(H,102,121)(H,103,128)(H,104,127)(H,105,130)(H,106,125)(H,107,123)(H,108,124)(H,109,126)(H,110,131)(H,111,129)(H,112,120)(H4,94,95,98)/t60-,63+,64+,65+,66+,67+,68+,69-,70+,71+,72+,73+/m1/s1. The average Bonchev–Trinajstić information content (AvgIpc) is 1.80. The first-order valence-corrected chi connectivity index (χ1v) is 48.4. The molecular formula is C90H139N23O21S. The van der Waals surface area contributed by atoms with Crippen molar-refractivity contribution in [3.05, 3.63) is 90.1 Å². The normalized spacial score (nSPS) is 19.1. The lowest BCUT2D eigenvalue weighted by Crippen LogP contribution is -2.61. The number of nitrogens with two attached hydrogens (primary N) is 4. The van der Waals surface area contributed by atoms with Gasteiger partial charge >= 0.3 is 0 Å². The van der Waals surface area contributed by atoms with E-state index in [0.29, 0.717) is 41.3 Å². The molecule has 2 aliphatic rings. The molecule has 0 saturated carbocycles. The molecule has 2 aromatic carbocycles. The zero-order valence-electron chi connectivity index (χ0n) is 77.1. The Kier molecular flexibility index (Phi) is 49.4. The first kappa shape index (κ1) is 111. The molecule has 12 atom stereocenters. The van der Waals surface area contributed by atoms with Gasteiger partial charge < -0.3 is 117 Å². The van der Waals surface area contributed by atoms with Gasteiger partial charge in [-0.2, -0.15) is 0 Å². The zero-order valence-corrected chi connectivity index (χ0v) is 77.9. The number of aliphatic hydroxyl groups is 2. The van der Waals surface area contributed by atoms with Crippen LogP contribution in [-0.4, -0.2) is 262 Å². The van der Waals surface area contributed by atoms with Crippen molar-refractivity contribution in [1.82, 2.24) is 93.7 Å². The highest BCUT2D eigenvalue weighted by atomic mass is 32.2. The number of carbonyl (C=O) groups excluding carboxylic acids is 17. The minimum atomic E-state index is -4.13. The molecule has 0 aliphatic carbocycles. The van der Waals surface area contributed by atoms with Gasteiger partial charge in [-0.3, -0.25) is 91.6 Å². The number of ketones is 1. The molecule has 0 radical (unpaired) electrons. The third-order valence-corrected chi connectivity index (χ3v) is 24.5. The van der Waals surface area contributed by atoms with Crippen LogP contribution in [0.25, 0.3) is 10.9 Å². The van der Waals surface area contributed by atoms with E-state index in [0.717, 1.165) is 37.0 Å². The Bertz CT molecular complexity index is 4700. The molecule has 16 amide bonds. The SMILES string of the molecule is CCCCCCCCCCCCCCCC(=O)NS(=O)(=O)CCCC(=O)NCC(=O)N[C@@H](CCC(N)=O)C(=O)N[C@@H](CCC(N)=O)C(=O)N[C@@H](Cc1c[nH]cn1)C(=O)N[C@@H](CO)C(=O)N[C@@H](CCCC)C(=O)N[C@H]1CCC(=O)CNCCCC[C@@H](C(N)=O)NC(=O)[C@H](Cc2c[nH]c3ccccc23)NC(=O)[C@H](CCCNC(=N)N)NC(=O)[C@@H](Cc2ccccc2)NC(=O)[C@@H]2C[C@@H](O)CN2C1=O. The van der Waals surface area contributed by atoms with Crippen LogP contribution in [0.2, 0.25) is 0 Å². The van der Waals surface area contributed by atoms with Gasteiger partial charge in [0.15, 0.2) is 5.96 Å². The van der Waals surface area contributed by atoms with Gasteiger partial charge in [0.1, 0.15) is 72.2 Å². The van der Waals surface area contributed by atoms with Crippen molar-refractivity contribution in [2.75, 3.05) is 45.1 Å². The Morgan fingerprint density at radius 2 is 1.13 bits per heavy atom. The predicted molar refractivity (Wildman–Crippen MR) is 497 cm³/mol. The van der Waals surface area contributed by atoms with E-state index in [9.17, 15) is 85.8 Å². The van der Waals surface area contributed by atoms with Gasteiger partial charge in [-0.1, -0.05) is 152 Å². The largest absolute Gasteiger partial charge is 0.394 e. The van der Waals surface area contributed by atoms with Gasteiger partial charge in [-0.25, -0.2) is 13.4 Å². The number of amides is 16. The van der Waals surface area contributed by atoms with Gasteiger partial charge in [-0.15, -0.1) is 0 Å². The van der Waals surface area contributed by atoms with Crippen molar-refractivity contribution < 1.29 is 100 Å². The summed E-state index contributed by atoms with van der Waals surface area (Å²) >= 11 is 0. The van der Waals surface area contributed by atoms with Crippen LogP contribution in [-0.2, 0) is 111 Å². The number of hydrogen-bond donors (Lipinski definition) is 23. The Morgan fingerprint density at radius 1 is 0.570 bits per heavy atom. The molecule has 746 valence electrons. The number of benzene rings is 2. The van der Waals surface area contributed by atoms with Crippen LogP contribution in [0.15, 0.2) is 73.3 Å². The van der Waals surface area contributed by atoms with Gasteiger partial charge in [0.2, 0.25) is 105 Å². The summed E-state index contributed by atoms with van der Waals surface area (Å²) in [5, 5.41) is 64.3. The summed E-state index contributed by atoms with van der Waals surface area (Å²) in [4.78, 5) is 249. The quantitative estimate of drug-likeness (QED) is 0.0131. The monoisotopic (exact) mass is 1910 g/mol. The van der Waals surface area contributed by atoms with Crippen LogP contribution >= 0.6 is 0 Å². The summed E-state index contributed by atoms with van der Waals surface area (Å²) in [5.74, 6) is -17.1. The maximum absolute atomic E-state index is 15.4. The minimum absolute atomic E-state index is 0.00375. The molecule has 4 aromatic rings. The molecule has 135 heavy (non-hydrogen) atoms. The van der Waals surface area contributed by atoms with Crippen LogP contribution in [0.3, 0.4) is 0 Å². The van der Waals surface area contributed by atoms with Crippen LogP contribution in [0.1, 0.15) is 230 Å². The summed E-state index contributed by atoms with van der Waals surface area (Å²) in [7, 11) is -4.13. The number of aromatic nitrogens is 3. The maximum atomic E-state index is 15.4. The maximum Gasteiger partial charge on any atom is 0.245 e. The molecule has 27 N–H and O–H groups in total. The Labute approximate surface area is 785 Å². The fraction of sp³-hybridized carbons (Fsp3) is 0.611. The highest BCUT2D eigenvalue weighted by Crippen LogP contribution is 2.24. The number of sulfonamides is 1. The topological polar surface area (TPSA) is 709 Å². The second kappa shape index (κ2) is 60.0. The van der Waals surface area contributed by atoms with E-state index in [1.54, 1.807) is 61.7 Å². The summed E-state index contributed by atoms with van der Waals surface area (Å²) in [6.45, 7) is 1.37. The number of H-pyrrole nitrogens is 2. The summed E-state index contributed by atoms with van der Waals surface area (Å²) in [5.41, 5.74) is 24.3. The van der Waals surface area contributed by atoms with Crippen molar-refractivity contribution in [2.24, 2.45) is 22.9 Å². The number of rotatable bonds is 53. The number of imidazole rings is 1. The number of unbranched alkanes of at least 4 members (excludes halogenated alkanes) is 13. The number of aliphatic hydroxyl groups excluding tert-OH is 2. The summed E-state index contributed by atoms with van der Waals surface area (Å²) in [6, 6.07) is -2.24. The fourth-order valence-corrected chi connectivity index (χ4v) is 16.7. The number of fused-ring (bicyclic) bond motifs is 2. The molecule has 2 aliphatic heterocycles. The minimum Gasteiger partial charge on any atom is -0.394 e. The third-order valence-electron chi connectivity index (χ3n) is 23.1. The van der Waals surface area contributed by atoms with Gasteiger partial charge in [0.05, 0.1) is 43.6 Å². The molecule has 2 saturated heterocycles. The number of nitrogens with zero attached hydrogens (tertiary/aromatic N) is 2. The Morgan fingerprint density at radius 3 is 1.76 bits per heavy atom. The molecule has 45 heteroatoms. The molecule has 0 unspecified atom stereocenters. The third kappa shape index (κ3) is 41.9. The van der Waals surface area contributed by atoms with Crippen molar-refractivity contribution in [3.8, 4) is 0 Å². The number of primary amides is 3. The van der Waals surface area contributed by atoms with Crippen molar-refractivity contribution in [1.29, 1.82) is 5.41 Å². The van der Waals surface area contributed by atoms with Gasteiger partial charge in [-0.05, 0) is 94.4 Å². The van der Waals surface area contributed by atoms with Crippen molar-refractivity contribution >= 4 is 127 Å². The predicted octanol–water partition coefficient (Wildman–Crippen LogP) is -1.86. The van der Waals surface area contributed by atoms with E-state index in [1.807, 2.05) is 10.8 Å². The molecule has 6 rings (SSSR count). The van der Waals surface area contributed by atoms with E-state index in [2.05, 4.69) is 91.0 Å². The summed E-state index contributed by atoms with van der Waals surface area (Å²) in [6.07, 6.45) is 13.0. The highest BCUT2D eigenvalue weighted by Gasteiger charge is 2.44. The van der Waals surface area contributed by atoms with Gasteiger partial charge in [0.25, 0.3) is 0 Å². The molecule has 2 aromatic heterocycles. The number of para-hydroxylation sites is 1. The van der Waals surface area contributed by atoms with E-state index >= 15 is 14.4 Å². The molecule has 4 heterocycles. The van der Waals surface area contributed by atoms with Gasteiger partial charge in [0, 0.05) is 94.2 Å². The molecule has 2 fully saturated rings. The lowest BCUT2D eigenvalue weighted by Gasteiger charge is -2.31. The molecular weight excluding hydrogens is 1770 g/mol. The number of guanidine groups is 1. The van der Waals surface area contributed by atoms with E-state index in [1.165, 1.54) is 57.5 Å². The van der Waals surface area contributed by atoms with Crippen LogP contribution < -0.4 is 96.8 Å². The Balaban J connectivity index is 1.17. The highest BCUT2D eigenvalue weighted by molar-refractivity contribution is 7.90. The second-order valence-electron chi connectivity index (χ2n) is 34.3. The summed E-state index contributed by atoms with van der Waals surface area (Å²) < 4.78 is 27.5. The van der Waals surface area contributed by atoms with Crippen molar-refractivity contribution in [3.63, 3.8) is 0 Å². The number of hydrogen-bond acceptors (Lipinski definition) is 24.